The second kappa shape index (κ2) is 6.47. The maximum atomic E-state index is 12.6. The third-order valence-corrected chi connectivity index (χ3v) is 4.63. The summed E-state index contributed by atoms with van der Waals surface area (Å²) in [6.07, 6.45) is 1.86. The minimum absolute atomic E-state index is 0.0543. The highest BCUT2D eigenvalue weighted by Gasteiger charge is 2.31. The van der Waals surface area contributed by atoms with Gasteiger partial charge in [-0.05, 0) is 31.9 Å². The van der Waals surface area contributed by atoms with E-state index >= 15 is 0 Å². The predicted octanol–water partition coefficient (Wildman–Crippen LogP) is 2.45. The molecule has 1 atom stereocenters. The number of benzene rings is 1. The monoisotopic (exact) mass is 353 g/mol. The van der Waals surface area contributed by atoms with Crippen molar-refractivity contribution in [3.05, 3.63) is 39.9 Å². The molecule has 6 nitrogen and oxygen atoms in total. The van der Waals surface area contributed by atoms with E-state index in [4.69, 9.17) is 28.9 Å². The summed E-state index contributed by atoms with van der Waals surface area (Å²) < 4.78 is 1.51. The zero-order valence-corrected chi connectivity index (χ0v) is 14.2. The summed E-state index contributed by atoms with van der Waals surface area (Å²) in [6.45, 7) is 2.89. The van der Waals surface area contributed by atoms with Gasteiger partial charge < -0.3 is 10.6 Å². The average Bonchev–Trinajstić information content (AvgIpc) is 3.13. The van der Waals surface area contributed by atoms with E-state index in [2.05, 4.69) is 10.1 Å². The van der Waals surface area contributed by atoms with E-state index in [-0.39, 0.29) is 17.8 Å². The number of nitrogens with zero attached hydrogens (tertiary/aromatic N) is 4. The molecule has 122 valence electrons. The fourth-order valence-electron chi connectivity index (χ4n) is 2.86. The van der Waals surface area contributed by atoms with Gasteiger partial charge in [-0.25, -0.2) is 9.67 Å². The SMILES string of the molecule is Cc1nc(C(=O)N2CCCC2CN)nn1-c1c(Cl)cccc1Cl. The standard InChI is InChI=1S/C15H17Cl2N5O/c1-9-19-14(15(23)21-7-3-4-10(21)8-18)20-22(9)13-11(16)5-2-6-12(13)17/h2,5-6,10H,3-4,7-8,18H2,1H3. The van der Waals surface area contributed by atoms with Crippen molar-refractivity contribution >= 4 is 29.1 Å². The number of carbonyl (C=O) groups excluding carboxylic acids is 1. The first-order valence-electron chi connectivity index (χ1n) is 7.42. The first-order valence-corrected chi connectivity index (χ1v) is 8.17. The van der Waals surface area contributed by atoms with Gasteiger partial charge in [0.15, 0.2) is 0 Å². The lowest BCUT2D eigenvalue weighted by atomic mass is 10.2. The Labute approximate surface area is 144 Å². The zero-order valence-electron chi connectivity index (χ0n) is 12.7. The van der Waals surface area contributed by atoms with Crippen molar-refractivity contribution in [2.24, 2.45) is 5.73 Å². The summed E-state index contributed by atoms with van der Waals surface area (Å²) in [5.41, 5.74) is 6.26. The smallest absolute Gasteiger partial charge is 0.293 e. The molecule has 1 aliphatic rings. The van der Waals surface area contributed by atoms with Crippen molar-refractivity contribution < 1.29 is 4.79 Å². The van der Waals surface area contributed by atoms with Crippen LogP contribution < -0.4 is 5.73 Å². The van der Waals surface area contributed by atoms with Gasteiger partial charge in [-0.15, -0.1) is 5.10 Å². The minimum atomic E-state index is -0.206. The molecule has 0 spiro atoms. The maximum Gasteiger partial charge on any atom is 0.293 e. The van der Waals surface area contributed by atoms with Crippen LogP contribution in [0.1, 0.15) is 29.3 Å². The molecule has 0 aliphatic carbocycles. The Morgan fingerprint density at radius 1 is 1.39 bits per heavy atom. The molecule has 8 heteroatoms. The molecule has 1 aliphatic heterocycles. The molecule has 2 aromatic rings. The maximum absolute atomic E-state index is 12.6. The fourth-order valence-corrected chi connectivity index (χ4v) is 3.42. The first kappa shape index (κ1) is 16.2. The Morgan fingerprint density at radius 3 is 2.74 bits per heavy atom. The summed E-state index contributed by atoms with van der Waals surface area (Å²) in [6, 6.07) is 5.24. The molecule has 1 unspecified atom stereocenters. The number of halogens is 2. The van der Waals surface area contributed by atoms with E-state index < -0.39 is 0 Å². The summed E-state index contributed by atoms with van der Waals surface area (Å²) >= 11 is 12.4. The molecule has 0 saturated carbocycles. The normalized spacial score (nSPS) is 17.7. The zero-order chi connectivity index (χ0) is 16.6. The van der Waals surface area contributed by atoms with Gasteiger partial charge in [-0.3, -0.25) is 4.79 Å². The Kier molecular flexibility index (Phi) is 4.57. The number of aromatic nitrogens is 3. The number of carbonyl (C=O) groups is 1. The predicted molar refractivity (Wildman–Crippen MR) is 89.2 cm³/mol. The van der Waals surface area contributed by atoms with Crippen LogP contribution in [-0.4, -0.2) is 44.7 Å². The lowest BCUT2D eigenvalue weighted by Crippen LogP contribution is -2.40. The van der Waals surface area contributed by atoms with Crippen LogP contribution in [0.5, 0.6) is 0 Å². The molecule has 23 heavy (non-hydrogen) atoms. The quantitative estimate of drug-likeness (QED) is 0.919. The molecular weight excluding hydrogens is 337 g/mol. The Morgan fingerprint density at radius 2 is 2.09 bits per heavy atom. The van der Waals surface area contributed by atoms with Crippen molar-refractivity contribution in [2.75, 3.05) is 13.1 Å². The van der Waals surface area contributed by atoms with Crippen LogP contribution in [0, 0.1) is 6.92 Å². The van der Waals surface area contributed by atoms with Crippen molar-refractivity contribution in [3.63, 3.8) is 0 Å². The van der Waals surface area contributed by atoms with Crippen LogP contribution >= 0.6 is 23.2 Å². The van der Waals surface area contributed by atoms with Crippen LogP contribution in [0.2, 0.25) is 10.0 Å². The van der Waals surface area contributed by atoms with Gasteiger partial charge in [-0.2, -0.15) is 0 Å². The molecule has 1 amide bonds. The van der Waals surface area contributed by atoms with Crippen LogP contribution in [-0.2, 0) is 0 Å². The van der Waals surface area contributed by atoms with Gasteiger partial charge in [0.05, 0.1) is 10.0 Å². The largest absolute Gasteiger partial charge is 0.332 e. The minimum Gasteiger partial charge on any atom is -0.332 e. The van der Waals surface area contributed by atoms with Gasteiger partial charge in [0.25, 0.3) is 5.91 Å². The van der Waals surface area contributed by atoms with Crippen molar-refractivity contribution in [1.82, 2.24) is 19.7 Å². The van der Waals surface area contributed by atoms with Gasteiger partial charge in [-0.1, -0.05) is 29.3 Å². The molecule has 1 aromatic heterocycles. The molecule has 1 fully saturated rings. The molecule has 2 N–H and O–H groups in total. The third kappa shape index (κ3) is 2.94. The number of aryl methyl sites for hydroxylation is 1. The summed E-state index contributed by atoms with van der Waals surface area (Å²) in [5, 5.41) is 5.22. The van der Waals surface area contributed by atoms with Crippen LogP contribution in [0.15, 0.2) is 18.2 Å². The second-order valence-corrected chi connectivity index (χ2v) is 6.31. The van der Waals surface area contributed by atoms with Crippen LogP contribution in [0.3, 0.4) is 0 Å². The van der Waals surface area contributed by atoms with Gasteiger partial charge in [0.2, 0.25) is 5.82 Å². The van der Waals surface area contributed by atoms with Crippen molar-refractivity contribution in [3.8, 4) is 5.69 Å². The lowest BCUT2D eigenvalue weighted by molar-refractivity contribution is 0.0729. The summed E-state index contributed by atoms with van der Waals surface area (Å²) in [5.74, 6) is 0.480. The van der Waals surface area contributed by atoms with E-state index in [9.17, 15) is 4.79 Å². The average molecular weight is 354 g/mol. The van der Waals surface area contributed by atoms with Gasteiger partial charge in [0.1, 0.15) is 11.5 Å². The first-order chi connectivity index (χ1) is 11.0. The fraction of sp³-hybridized carbons (Fsp3) is 0.400. The number of hydrogen-bond acceptors (Lipinski definition) is 4. The number of hydrogen-bond donors (Lipinski definition) is 1. The topological polar surface area (TPSA) is 77.0 Å². The number of amides is 1. The highest BCUT2D eigenvalue weighted by atomic mass is 35.5. The summed E-state index contributed by atoms with van der Waals surface area (Å²) in [4.78, 5) is 18.7. The molecule has 0 radical (unpaired) electrons. The number of rotatable bonds is 3. The van der Waals surface area contributed by atoms with Crippen LogP contribution in [0.25, 0.3) is 5.69 Å². The van der Waals surface area contributed by atoms with Crippen LogP contribution in [0.4, 0.5) is 0 Å². The van der Waals surface area contributed by atoms with E-state index in [1.54, 1.807) is 30.0 Å². The van der Waals surface area contributed by atoms with E-state index in [1.165, 1.54) is 4.68 Å². The second-order valence-electron chi connectivity index (χ2n) is 5.49. The third-order valence-electron chi connectivity index (χ3n) is 4.02. The van der Waals surface area contributed by atoms with Crippen molar-refractivity contribution in [2.45, 2.75) is 25.8 Å². The Balaban J connectivity index is 1.97. The molecule has 0 bridgehead atoms. The Hall–Kier alpha value is -1.63. The number of nitrogens with two attached hydrogens (primary N) is 1. The van der Waals surface area contributed by atoms with E-state index in [1.807, 2.05) is 0 Å². The summed E-state index contributed by atoms with van der Waals surface area (Å²) in [7, 11) is 0. The van der Waals surface area contributed by atoms with Gasteiger partial charge >= 0.3 is 0 Å². The highest BCUT2D eigenvalue weighted by molar-refractivity contribution is 6.37. The molecule has 3 rings (SSSR count). The van der Waals surface area contributed by atoms with Crippen molar-refractivity contribution in [1.29, 1.82) is 0 Å². The lowest BCUT2D eigenvalue weighted by Gasteiger charge is -2.21. The van der Waals surface area contributed by atoms with E-state index in [0.717, 1.165) is 12.8 Å². The molecule has 1 saturated heterocycles. The van der Waals surface area contributed by atoms with E-state index in [0.29, 0.717) is 34.6 Å². The van der Waals surface area contributed by atoms with Gasteiger partial charge in [0, 0.05) is 19.1 Å². The number of para-hydroxylation sites is 1. The molecule has 2 heterocycles. The number of likely N-dealkylation sites (tertiary alicyclic amines) is 1. The molecule has 1 aromatic carbocycles. The Bertz CT molecular complexity index is 725. The highest BCUT2D eigenvalue weighted by Crippen LogP contribution is 2.28. The molecular formula is C15H17Cl2N5O.